The molecule has 2 aromatic rings. The van der Waals surface area contributed by atoms with Gasteiger partial charge in [0.1, 0.15) is 0 Å². The summed E-state index contributed by atoms with van der Waals surface area (Å²) in [5, 5.41) is 12.3. The molecule has 0 atom stereocenters. The highest BCUT2D eigenvalue weighted by molar-refractivity contribution is 5.87. The minimum absolute atomic E-state index is 0.0977. The van der Waals surface area contributed by atoms with Gasteiger partial charge in [-0.2, -0.15) is 0 Å². The van der Waals surface area contributed by atoms with E-state index in [1.807, 2.05) is 36.4 Å². The van der Waals surface area contributed by atoms with Crippen LogP contribution in [0.2, 0.25) is 0 Å². The molecule has 0 saturated heterocycles. The first kappa shape index (κ1) is 16.4. The molecular weight excluding hydrogens is 290 g/mol. The molecule has 0 spiro atoms. The monoisotopic (exact) mass is 309 g/mol. The molecular formula is C19H19NO3. The van der Waals surface area contributed by atoms with Crippen molar-refractivity contribution in [1.82, 2.24) is 5.32 Å². The summed E-state index contributed by atoms with van der Waals surface area (Å²) >= 11 is 0. The fraction of sp³-hybridized carbons (Fsp3) is 0.105. The number of benzene rings is 2. The van der Waals surface area contributed by atoms with Crippen molar-refractivity contribution in [2.24, 2.45) is 0 Å². The maximum absolute atomic E-state index is 11.7. The van der Waals surface area contributed by atoms with E-state index in [9.17, 15) is 9.90 Å². The number of methoxy groups -OCH3 is 1. The Morgan fingerprint density at radius 3 is 2.70 bits per heavy atom. The number of phenols is 1. The van der Waals surface area contributed by atoms with Crippen LogP contribution in [0, 0.1) is 0 Å². The fourth-order valence-electron chi connectivity index (χ4n) is 1.95. The van der Waals surface area contributed by atoms with Gasteiger partial charge in [0.2, 0.25) is 5.91 Å². The topological polar surface area (TPSA) is 58.6 Å². The average Bonchev–Trinajstić information content (AvgIpc) is 2.59. The van der Waals surface area contributed by atoms with Crippen LogP contribution in [0.5, 0.6) is 11.5 Å². The Balaban J connectivity index is 1.84. The third-order valence-corrected chi connectivity index (χ3v) is 3.16. The van der Waals surface area contributed by atoms with E-state index in [0.29, 0.717) is 12.3 Å². The summed E-state index contributed by atoms with van der Waals surface area (Å²) in [6, 6.07) is 14.8. The summed E-state index contributed by atoms with van der Waals surface area (Å²) in [5.74, 6) is 0.360. The number of allylic oxidation sites excluding steroid dienone is 2. The summed E-state index contributed by atoms with van der Waals surface area (Å²) in [6.07, 6.45) is 6.72. The number of ether oxygens (including phenoxy) is 1. The van der Waals surface area contributed by atoms with E-state index >= 15 is 0 Å². The first-order valence-corrected chi connectivity index (χ1v) is 7.22. The zero-order valence-electron chi connectivity index (χ0n) is 12.9. The Hall–Kier alpha value is -3.01. The quantitative estimate of drug-likeness (QED) is 0.636. The molecule has 0 fully saturated rings. The number of phenolic OH excluding ortho intramolecular Hbond substituents is 1. The normalized spacial score (nSPS) is 11.0. The number of amides is 1. The minimum atomic E-state index is -0.151. The molecule has 0 aliphatic heterocycles. The van der Waals surface area contributed by atoms with E-state index < -0.39 is 0 Å². The molecule has 2 aromatic carbocycles. The molecule has 2 N–H and O–H groups in total. The molecule has 118 valence electrons. The molecule has 0 aliphatic carbocycles. The molecule has 1 amide bonds. The zero-order valence-corrected chi connectivity index (χ0v) is 12.9. The maximum atomic E-state index is 11.7. The number of aromatic hydroxyl groups is 1. The van der Waals surface area contributed by atoms with Gasteiger partial charge < -0.3 is 15.2 Å². The van der Waals surface area contributed by atoms with Crippen molar-refractivity contribution < 1.29 is 14.6 Å². The summed E-state index contributed by atoms with van der Waals surface area (Å²) in [4.78, 5) is 11.7. The SMILES string of the molecule is COc1cc(/C=C/C=C/C(=O)NCc2ccccc2)ccc1O. The second kappa shape index (κ2) is 8.44. The van der Waals surface area contributed by atoms with Gasteiger partial charge in [-0.3, -0.25) is 4.79 Å². The Kier molecular flexibility index (Phi) is 6.00. The van der Waals surface area contributed by atoms with Crippen molar-refractivity contribution in [2.45, 2.75) is 6.54 Å². The summed E-state index contributed by atoms with van der Waals surface area (Å²) in [6.45, 7) is 0.503. The Labute approximate surface area is 135 Å². The number of nitrogens with one attached hydrogen (secondary N) is 1. The molecule has 0 saturated carbocycles. The van der Waals surface area contributed by atoms with Crippen LogP contribution in [0.15, 0.2) is 66.8 Å². The molecule has 0 aliphatic rings. The lowest BCUT2D eigenvalue weighted by molar-refractivity contribution is -0.116. The fourth-order valence-corrected chi connectivity index (χ4v) is 1.95. The smallest absolute Gasteiger partial charge is 0.244 e. The highest BCUT2D eigenvalue weighted by atomic mass is 16.5. The summed E-state index contributed by atoms with van der Waals surface area (Å²) < 4.78 is 5.04. The van der Waals surface area contributed by atoms with Crippen LogP contribution in [0.1, 0.15) is 11.1 Å². The van der Waals surface area contributed by atoms with E-state index in [1.165, 1.54) is 13.2 Å². The van der Waals surface area contributed by atoms with Gasteiger partial charge in [-0.1, -0.05) is 54.6 Å². The van der Waals surface area contributed by atoms with Crippen molar-refractivity contribution in [3.63, 3.8) is 0 Å². The second-order valence-corrected chi connectivity index (χ2v) is 4.85. The van der Waals surface area contributed by atoms with Gasteiger partial charge in [-0.05, 0) is 23.3 Å². The number of hydrogen-bond donors (Lipinski definition) is 2. The largest absolute Gasteiger partial charge is 0.504 e. The molecule has 2 rings (SSSR count). The van der Waals surface area contributed by atoms with Crippen molar-refractivity contribution in [1.29, 1.82) is 0 Å². The van der Waals surface area contributed by atoms with Gasteiger partial charge in [0.05, 0.1) is 7.11 Å². The number of carbonyl (C=O) groups is 1. The molecule has 0 aromatic heterocycles. The number of carbonyl (C=O) groups excluding carboxylic acids is 1. The average molecular weight is 309 g/mol. The molecule has 0 bridgehead atoms. The van der Waals surface area contributed by atoms with Crippen LogP contribution in [0.3, 0.4) is 0 Å². The van der Waals surface area contributed by atoms with Crippen LogP contribution in [0.25, 0.3) is 6.08 Å². The summed E-state index contributed by atoms with van der Waals surface area (Å²) in [5.41, 5.74) is 1.93. The Morgan fingerprint density at radius 1 is 1.17 bits per heavy atom. The van der Waals surface area contributed by atoms with E-state index in [-0.39, 0.29) is 11.7 Å². The van der Waals surface area contributed by atoms with Crippen LogP contribution in [-0.2, 0) is 11.3 Å². The highest BCUT2D eigenvalue weighted by Crippen LogP contribution is 2.26. The van der Waals surface area contributed by atoms with E-state index in [4.69, 9.17) is 4.74 Å². The van der Waals surface area contributed by atoms with Crippen molar-refractivity contribution >= 4 is 12.0 Å². The standard InChI is InChI=1S/C19H19NO3/c1-23-18-13-15(11-12-17(18)21)7-5-6-10-19(22)20-14-16-8-3-2-4-9-16/h2-13,21H,14H2,1H3,(H,20,22)/b7-5+,10-6+. The predicted molar refractivity (Wildman–Crippen MR) is 91.1 cm³/mol. The Bertz CT molecular complexity index is 706. The van der Waals surface area contributed by atoms with Crippen molar-refractivity contribution in [3.05, 3.63) is 77.9 Å². The van der Waals surface area contributed by atoms with Crippen molar-refractivity contribution in [2.75, 3.05) is 7.11 Å². The lowest BCUT2D eigenvalue weighted by atomic mass is 10.2. The van der Waals surface area contributed by atoms with Crippen LogP contribution >= 0.6 is 0 Å². The minimum Gasteiger partial charge on any atom is -0.504 e. The van der Waals surface area contributed by atoms with Crippen LogP contribution < -0.4 is 10.1 Å². The molecule has 4 heteroatoms. The highest BCUT2D eigenvalue weighted by Gasteiger charge is 2.00. The zero-order chi connectivity index (χ0) is 16.5. The van der Waals surface area contributed by atoms with Gasteiger partial charge in [-0.25, -0.2) is 0 Å². The van der Waals surface area contributed by atoms with E-state index in [2.05, 4.69) is 5.32 Å². The lowest BCUT2D eigenvalue weighted by Crippen LogP contribution is -2.20. The molecule has 4 nitrogen and oxygen atoms in total. The van der Waals surface area contributed by atoms with E-state index in [1.54, 1.807) is 30.4 Å². The van der Waals surface area contributed by atoms with Crippen molar-refractivity contribution in [3.8, 4) is 11.5 Å². The van der Waals surface area contributed by atoms with Gasteiger partial charge in [0, 0.05) is 12.6 Å². The third-order valence-electron chi connectivity index (χ3n) is 3.16. The number of hydrogen-bond acceptors (Lipinski definition) is 3. The van der Waals surface area contributed by atoms with Crippen LogP contribution in [0.4, 0.5) is 0 Å². The third kappa shape index (κ3) is 5.36. The first-order chi connectivity index (χ1) is 11.2. The van der Waals surface area contributed by atoms with Gasteiger partial charge >= 0.3 is 0 Å². The van der Waals surface area contributed by atoms with E-state index in [0.717, 1.165) is 11.1 Å². The van der Waals surface area contributed by atoms with Gasteiger partial charge in [0.15, 0.2) is 11.5 Å². The molecule has 0 unspecified atom stereocenters. The maximum Gasteiger partial charge on any atom is 0.244 e. The summed E-state index contributed by atoms with van der Waals surface area (Å²) in [7, 11) is 1.50. The molecule has 0 heterocycles. The second-order valence-electron chi connectivity index (χ2n) is 4.85. The van der Waals surface area contributed by atoms with Gasteiger partial charge in [0.25, 0.3) is 0 Å². The molecule has 23 heavy (non-hydrogen) atoms. The first-order valence-electron chi connectivity index (χ1n) is 7.22. The van der Waals surface area contributed by atoms with Crippen LogP contribution in [-0.4, -0.2) is 18.1 Å². The predicted octanol–water partition coefficient (Wildman–Crippen LogP) is 3.29. The molecule has 0 radical (unpaired) electrons. The lowest BCUT2D eigenvalue weighted by Gasteiger charge is -2.03. The number of rotatable bonds is 6. The van der Waals surface area contributed by atoms with Gasteiger partial charge in [-0.15, -0.1) is 0 Å². The Morgan fingerprint density at radius 2 is 1.96 bits per heavy atom.